The van der Waals surface area contributed by atoms with Crippen LogP contribution in [0, 0.1) is 0 Å². The Morgan fingerprint density at radius 3 is 2.60 bits per heavy atom. The van der Waals surface area contributed by atoms with Crippen LogP contribution in [0.25, 0.3) is 0 Å². The van der Waals surface area contributed by atoms with Crippen molar-refractivity contribution in [3.8, 4) is 11.6 Å². The van der Waals surface area contributed by atoms with E-state index in [0.717, 1.165) is 5.56 Å². The van der Waals surface area contributed by atoms with Gasteiger partial charge in [0.2, 0.25) is 11.8 Å². The first-order valence-corrected chi connectivity index (χ1v) is 11.3. The second kappa shape index (κ2) is 10.4. The summed E-state index contributed by atoms with van der Waals surface area (Å²) in [6, 6.07) is 16.2. The summed E-state index contributed by atoms with van der Waals surface area (Å²) in [5.74, 6) is -0.697. The van der Waals surface area contributed by atoms with E-state index in [-0.39, 0.29) is 36.3 Å². The Balaban J connectivity index is 1.49. The van der Waals surface area contributed by atoms with Gasteiger partial charge in [0.1, 0.15) is 11.9 Å². The lowest BCUT2D eigenvalue weighted by atomic mass is 10.1. The van der Waals surface area contributed by atoms with Gasteiger partial charge >= 0.3 is 12.0 Å². The number of aromatic carboxylic acids is 1. The highest BCUT2D eigenvalue weighted by atomic mass is 35.5. The third-order valence-corrected chi connectivity index (χ3v) is 5.73. The van der Waals surface area contributed by atoms with Gasteiger partial charge in [-0.15, -0.1) is 0 Å². The number of rotatable bonds is 8. The van der Waals surface area contributed by atoms with Crippen LogP contribution in [0.4, 0.5) is 10.5 Å². The van der Waals surface area contributed by atoms with Crippen molar-refractivity contribution >= 4 is 35.2 Å². The first kappa shape index (κ1) is 24.0. The summed E-state index contributed by atoms with van der Waals surface area (Å²) < 4.78 is 5.65. The van der Waals surface area contributed by atoms with Crippen LogP contribution in [-0.2, 0) is 11.3 Å². The van der Waals surface area contributed by atoms with Crippen LogP contribution in [0.15, 0.2) is 66.9 Å². The largest absolute Gasteiger partial charge is 0.478 e. The number of ether oxygens (including phenoxy) is 1. The van der Waals surface area contributed by atoms with Gasteiger partial charge in [-0.3, -0.25) is 14.6 Å². The number of amides is 3. The molecule has 4 rings (SSSR count). The normalized spacial score (nSPS) is 15.8. The maximum absolute atomic E-state index is 13.1. The summed E-state index contributed by atoms with van der Waals surface area (Å²) >= 11 is 5.98. The van der Waals surface area contributed by atoms with E-state index in [1.54, 1.807) is 48.2 Å². The van der Waals surface area contributed by atoms with Crippen LogP contribution in [0.5, 0.6) is 11.6 Å². The molecule has 0 bridgehead atoms. The maximum Gasteiger partial charge on any atom is 0.335 e. The molecule has 0 radical (unpaired) electrons. The molecular formula is C25H23ClN4O5. The summed E-state index contributed by atoms with van der Waals surface area (Å²) in [4.78, 5) is 43.9. The van der Waals surface area contributed by atoms with E-state index < -0.39 is 12.1 Å². The van der Waals surface area contributed by atoms with Crippen molar-refractivity contribution in [2.75, 3.05) is 11.9 Å². The minimum Gasteiger partial charge on any atom is -0.478 e. The lowest BCUT2D eigenvalue weighted by molar-refractivity contribution is -0.132. The van der Waals surface area contributed by atoms with Crippen LogP contribution in [-0.4, -0.2) is 50.5 Å². The number of aromatic nitrogens is 1. The molecule has 3 amide bonds. The van der Waals surface area contributed by atoms with Gasteiger partial charge in [-0.25, -0.2) is 14.6 Å². The highest BCUT2D eigenvalue weighted by molar-refractivity contribution is 6.30. The van der Waals surface area contributed by atoms with E-state index >= 15 is 0 Å². The Morgan fingerprint density at radius 1 is 1.17 bits per heavy atom. The van der Waals surface area contributed by atoms with Crippen molar-refractivity contribution in [1.29, 1.82) is 0 Å². The van der Waals surface area contributed by atoms with Gasteiger partial charge in [-0.1, -0.05) is 29.8 Å². The maximum atomic E-state index is 13.1. The predicted molar refractivity (Wildman–Crippen MR) is 130 cm³/mol. The molecule has 0 aliphatic carbocycles. The molecule has 10 heteroatoms. The molecule has 2 aromatic carbocycles. The Labute approximate surface area is 206 Å². The molecule has 35 heavy (non-hydrogen) atoms. The molecule has 1 unspecified atom stereocenters. The Hall–Kier alpha value is -4.11. The number of carbonyl (C=O) groups is 3. The number of hydrogen-bond donors (Lipinski definition) is 2. The topological polar surface area (TPSA) is 112 Å². The van der Waals surface area contributed by atoms with Gasteiger partial charge in [0.25, 0.3) is 0 Å². The van der Waals surface area contributed by atoms with Crippen molar-refractivity contribution in [1.82, 2.24) is 14.8 Å². The fourth-order valence-electron chi connectivity index (χ4n) is 3.72. The molecule has 9 nitrogen and oxygen atoms in total. The van der Waals surface area contributed by atoms with Crippen LogP contribution >= 0.6 is 11.6 Å². The fraction of sp³-hybridized carbons (Fsp3) is 0.200. The summed E-state index contributed by atoms with van der Waals surface area (Å²) in [6.07, 6.45) is 1.06. The molecule has 3 aromatic rings. The first-order valence-electron chi connectivity index (χ1n) is 10.9. The van der Waals surface area contributed by atoms with E-state index in [0.29, 0.717) is 23.0 Å². The number of nitrogens with one attached hydrogen (secondary N) is 1. The zero-order valence-corrected chi connectivity index (χ0v) is 19.6. The molecule has 2 heterocycles. The van der Waals surface area contributed by atoms with E-state index in [1.807, 2.05) is 12.1 Å². The second-order valence-corrected chi connectivity index (χ2v) is 8.30. The molecule has 1 aliphatic heterocycles. The number of urea groups is 1. The lowest BCUT2D eigenvalue weighted by Crippen LogP contribution is -2.58. The standard InChI is InChI=1S/C25H23ClN4O5/c1-2-29-23(31)13-21(30(25(29)34)15-16-6-8-18(26)9-7-16)28-19-10-11-22(27-14-19)35-20-5-3-4-17(12-20)24(32)33/h3-12,14,21,28H,2,13,15H2,1H3,(H,32,33). The molecule has 1 aromatic heterocycles. The average molecular weight is 495 g/mol. The van der Waals surface area contributed by atoms with Crippen molar-refractivity contribution < 1.29 is 24.2 Å². The summed E-state index contributed by atoms with van der Waals surface area (Å²) in [7, 11) is 0. The minimum absolute atomic E-state index is 0.105. The van der Waals surface area contributed by atoms with Crippen LogP contribution in [0.2, 0.25) is 5.02 Å². The lowest BCUT2D eigenvalue weighted by Gasteiger charge is -2.40. The Morgan fingerprint density at radius 2 is 1.94 bits per heavy atom. The number of nitrogens with zero attached hydrogens (tertiary/aromatic N) is 3. The second-order valence-electron chi connectivity index (χ2n) is 7.86. The third-order valence-electron chi connectivity index (χ3n) is 5.48. The Bertz CT molecular complexity index is 1230. The third kappa shape index (κ3) is 5.70. The monoisotopic (exact) mass is 494 g/mol. The first-order chi connectivity index (χ1) is 16.8. The van der Waals surface area contributed by atoms with Crippen LogP contribution in [0.3, 0.4) is 0 Å². The number of pyridine rings is 1. The van der Waals surface area contributed by atoms with Crippen molar-refractivity contribution in [2.45, 2.75) is 26.1 Å². The van der Waals surface area contributed by atoms with Gasteiger partial charge in [0.15, 0.2) is 0 Å². The van der Waals surface area contributed by atoms with Crippen molar-refractivity contribution in [3.05, 3.63) is 83.0 Å². The molecule has 1 aliphatic rings. The fourth-order valence-corrected chi connectivity index (χ4v) is 3.84. The number of imide groups is 1. The molecule has 1 fully saturated rings. The number of hydrogen-bond acceptors (Lipinski definition) is 6. The summed E-state index contributed by atoms with van der Waals surface area (Å²) in [6.45, 7) is 2.35. The summed E-state index contributed by atoms with van der Waals surface area (Å²) in [5.41, 5.74) is 1.58. The van der Waals surface area contributed by atoms with E-state index in [2.05, 4.69) is 10.3 Å². The van der Waals surface area contributed by atoms with Gasteiger partial charge in [0.05, 0.1) is 23.9 Å². The smallest absolute Gasteiger partial charge is 0.335 e. The molecule has 2 N–H and O–H groups in total. The zero-order chi connectivity index (χ0) is 24.9. The van der Waals surface area contributed by atoms with Gasteiger partial charge in [-0.2, -0.15) is 0 Å². The summed E-state index contributed by atoms with van der Waals surface area (Å²) in [5, 5.41) is 12.9. The van der Waals surface area contributed by atoms with Crippen LogP contribution in [0.1, 0.15) is 29.3 Å². The quantitative estimate of drug-likeness (QED) is 0.461. The molecule has 0 spiro atoms. The number of carboxylic acids is 1. The van der Waals surface area contributed by atoms with Gasteiger partial charge in [-0.05, 0) is 48.9 Å². The minimum atomic E-state index is -1.05. The van der Waals surface area contributed by atoms with E-state index in [4.69, 9.17) is 21.4 Å². The van der Waals surface area contributed by atoms with Crippen molar-refractivity contribution in [2.24, 2.45) is 0 Å². The number of carboxylic acid groups (broad SMARTS) is 1. The van der Waals surface area contributed by atoms with E-state index in [9.17, 15) is 14.4 Å². The SMILES string of the molecule is CCN1C(=O)CC(Nc2ccc(Oc3cccc(C(=O)O)c3)nc2)N(Cc2ccc(Cl)cc2)C1=O. The van der Waals surface area contributed by atoms with Crippen LogP contribution < -0.4 is 10.1 Å². The van der Waals surface area contributed by atoms with Gasteiger partial charge in [0, 0.05) is 24.2 Å². The number of anilines is 1. The molecule has 0 saturated carbocycles. The van der Waals surface area contributed by atoms with Gasteiger partial charge < -0.3 is 15.2 Å². The molecular weight excluding hydrogens is 472 g/mol. The number of benzene rings is 2. The zero-order valence-electron chi connectivity index (χ0n) is 18.8. The highest BCUT2D eigenvalue weighted by Gasteiger charge is 2.38. The Kier molecular flexibility index (Phi) is 7.17. The average Bonchev–Trinajstić information content (AvgIpc) is 2.84. The van der Waals surface area contributed by atoms with E-state index in [1.165, 1.54) is 23.2 Å². The van der Waals surface area contributed by atoms with Crippen molar-refractivity contribution in [3.63, 3.8) is 0 Å². The predicted octanol–water partition coefficient (Wildman–Crippen LogP) is 4.84. The molecule has 1 atom stereocenters. The molecule has 1 saturated heterocycles. The highest BCUT2D eigenvalue weighted by Crippen LogP contribution is 2.25. The molecule has 180 valence electrons. The number of halogens is 1. The number of carbonyl (C=O) groups excluding carboxylic acids is 2.